The molecule has 116 valence electrons. The average molecular weight is 401 g/mol. The number of nitro groups is 1. The number of nitro benzene ring substituents is 1. The minimum absolute atomic E-state index is 0.111. The van der Waals surface area contributed by atoms with E-state index >= 15 is 0 Å². The van der Waals surface area contributed by atoms with Gasteiger partial charge in [-0.1, -0.05) is 6.07 Å². The Morgan fingerprint density at radius 2 is 2.23 bits per heavy atom. The summed E-state index contributed by atoms with van der Waals surface area (Å²) in [6.45, 7) is 0.527. The highest BCUT2D eigenvalue weighted by Gasteiger charge is 2.15. The Morgan fingerprint density at radius 1 is 1.41 bits per heavy atom. The molecule has 1 aromatic heterocycles. The van der Waals surface area contributed by atoms with Crippen LogP contribution in [0.25, 0.3) is 0 Å². The number of amides is 1. The fourth-order valence-corrected chi connectivity index (χ4v) is 3.79. The number of nitrogens with one attached hydrogen (secondary N) is 1. The molecule has 0 unspecified atom stereocenters. The number of hydrogen-bond donors (Lipinski definition) is 1. The minimum atomic E-state index is -0.516. The molecule has 0 aliphatic rings. The minimum Gasteiger partial charge on any atom is -0.351 e. The van der Waals surface area contributed by atoms with Crippen molar-refractivity contribution in [3.63, 3.8) is 0 Å². The van der Waals surface area contributed by atoms with Crippen LogP contribution in [0.3, 0.4) is 0 Å². The third-order valence-electron chi connectivity index (χ3n) is 2.76. The van der Waals surface area contributed by atoms with Gasteiger partial charge >= 0.3 is 0 Å². The molecule has 0 aliphatic carbocycles. The maximum Gasteiger partial charge on any atom is 0.284 e. The first-order valence-corrected chi connectivity index (χ1v) is 9.23. The number of carbonyl (C=O) groups excluding carboxylic acids is 1. The van der Waals surface area contributed by atoms with Crippen molar-refractivity contribution in [2.24, 2.45) is 0 Å². The summed E-state index contributed by atoms with van der Waals surface area (Å²) in [5.74, 6) is 1.42. The smallest absolute Gasteiger partial charge is 0.284 e. The van der Waals surface area contributed by atoms with Crippen molar-refractivity contribution in [2.75, 3.05) is 12.3 Å². The van der Waals surface area contributed by atoms with Crippen LogP contribution in [0.4, 0.5) is 5.69 Å². The van der Waals surface area contributed by atoms with Crippen LogP contribution in [0.1, 0.15) is 15.2 Å². The molecule has 1 amide bonds. The molecule has 1 heterocycles. The molecule has 0 fully saturated rings. The predicted octanol–water partition coefficient (Wildman–Crippen LogP) is 4.08. The molecule has 22 heavy (non-hydrogen) atoms. The summed E-state index contributed by atoms with van der Waals surface area (Å²) in [4.78, 5) is 23.6. The van der Waals surface area contributed by atoms with Gasteiger partial charge in [0.1, 0.15) is 0 Å². The van der Waals surface area contributed by atoms with Gasteiger partial charge in [-0.25, -0.2) is 0 Å². The second-order valence-corrected chi connectivity index (χ2v) is 7.30. The molecule has 0 saturated carbocycles. The van der Waals surface area contributed by atoms with Gasteiger partial charge in [-0.3, -0.25) is 14.9 Å². The van der Waals surface area contributed by atoms with E-state index in [0.29, 0.717) is 11.0 Å². The summed E-state index contributed by atoms with van der Waals surface area (Å²) in [5, 5.41) is 15.7. The van der Waals surface area contributed by atoms with Crippen LogP contribution in [0.15, 0.2) is 40.2 Å². The highest BCUT2D eigenvalue weighted by Crippen LogP contribution is 2.25. The zero-order valence-corrected chi connectivity index (χ0v) is 14.7. The quantitative estimate of drug-likeness (QED) is 0.431. The number of rotatable bonds is 7. The maximum atomic E-state index is 12.0. The van der Waals surface area contributed by atoms with Gasteiger partial charge in [0.25, 0.3) is 11.6 Å². The summed E-state index contributed by atoms with van der Waals surface area (Å²) >= 11 is 6.55. The van der Waals surface area contributed by atoms with Gasteiger partial charge in [0.15, 0.2) is 0 Å². The molecule has 1 aromatic carbocycles. The fraction of sp³-hybridized carbons (Fsp3) is 0.214. The van der Waals surface area contributed by atoms with Crippen LogP contribution < -0.4 is 5.32 Å². The number of nitrogens with zero attached hydrogens (tertiary/aromatic N) is 1. The third kappa shape index (κ3) is 4.82. The van der Waals surface area contributed by atoms with Gasteiger partial charge in [0, 0.05) is 34.6 Å². The van der Waals surface area contributed by atoms with Crippen molar-refractivity contribution in [1.82, 2.24) is 5.32 Å². The van der Waals surface area contributed by atoms with Crippen LogP contribution in [0.2, 0.25) is 0 Å². The van der Waals surface area contributed by atoms with Gasteiger partial charge in [-0.05, 0) is 39.5 Å². The van der Waals surface area contributed by atoms with E-state index in [1.807, 2.05) is 11.4 Å². The topological polar surface area (TPSA) is 72.2 Å². The van der Waals surface area contributed by atoms with E-state index in [4.69, 9.17) is 0 Å². The molecule has 0 bridgehead atoms. The lowest BCUT2D eigenvalue weighted by Crippen LogP contribution is -2.25. The monoisotopic (exact) mass is 400 g/mol. The number of halogens is 1. The summed E-state index contributed by atoms with van der Waals surface area (Å²) in [6.07, 6.45) is 0. The first-order valence-electron chi connectivity index (χ1n) is 6.40. The van der Waals surface area contributed by atoms with Gasteiger partial charge < -0.3 is 5.32 Å². The van der Waals surface area contributed by atoms with Crippen LogP contribution in [-0.4, -0.2) is 23.1 Å². The van der Waals surface area contributed by atoms with Gasteiger partial charge in [-0.15, -0.1) is 11.3 Å². The maximum absolute atomic E-state index is 12.0. The summed E-state index contributed by atoms with van der Waals surface area (Å²) in [7, 11) is 0. The Hall–Kier alpha value is -1.38. The molecule has 5 nitrogen and oxygen atoms in total. The van der Waals surface area contributed by atoms with Gasteiger partial charge in [-0.2, -0.15) is 11.8 Å². The Bertz CT molecular complexity index is 662. The lowest BCUT2D eigenvalue weighted by Gasteiger charge is -2.05. The van der Waals surface area contributed by atoms with Crippen molar-refractivity contribution < 1.29 is 9.72 Å². The molecule has 2 aromatic rings. The van der Waals surface area contributed by atoms with E-state index in [-0.39, 0.29) is 17.2 Å². The highest BCUT2D eigenvalue weighted by molar-refractivity contribution is 9.10. The Kier molecular flexibility index (Phi) is 6.41. The van der Waals surface area contributed by atoms with Crippen LogP contribution in [0.5, 0.6) is 0 Å². The first kappa shape index (κ1) is 17.0. The molecule has 0 spiro atoms. The Labute approximate surface area is 144 Å². The summed E-state index contributed by atoms with van der Waals surface area (Å²) in [6, 6.07) is 8.45. The number of thiophene rings is 1. The second-order valence-electron chi connectivity index (χ2n) is 4.31. The summed E-state index contributed by atoms with van der Waals surface area (Å²) < 4.78 is 0.362. The zero-order valence-electron chi connectivity index (χ0n) is 11.5. The van der Waals surface area contributed by atoms with Crippen molar-refractivity contribution in [3.8, 4) is 0 Å². The van der Waals surface area contributed by atoms with E-state index in [9.17, 15) is 14.9 Å². The lowest BCUT2D eigenvalue weighted by atomic mass is 10.2. The van der Waals surface area contributed by atoms with E-state index < -0.39 is 4.92 Å². The van der Waals surface area contributed by atoms with E-state index in [2.05, 4.69) is 27.3 Å². The van der Waals surface area contributed by atoms with Crippen molar-refractivity contribution >= 4 is 50.6 Å². The first-order chi connectivity index (χ1) is 10.6. The van der Waals surface area contributed by atoms with E-state index in [0.717, 1.165) is 11.5 Å². The van der Waals surface area contributed by atoms with E-state index in [1.165, 1.54) is 17.0 Å². The SMILES string of the molecule is O=C(NCCSCc1cccs1)c1ccc(Br)c([N+](=O)[O-])c1. The fourth-order valence-electron chi connectivity index (χ4n) is 1.70. The van der Waals surface area contributed by atoms with E-state index in [1.54, 1.807) is 29.2 Å². The zero-order chi connectivity index (χ0) is 15.9. The average Bonchev–Trinajstić information content (AvgIpc) is 3.00. The molecular formula is C14H13BrN2O3S2. The van der Waals surface area contributed by atoms with Crippen LogP contribution in [-0.2, 0) is 5.75 Å². The van der Waals surface area contributed by atoms with Crippen molar-refractivity contribution in [3.05, 3.63) is 60.7 Å². The summed E-state index contributed by atoms with van der Waals surface area (Å²) in [5.41, 5.74) is 0.179. The molecular weight excluding hydrogens is 388 g/mol. The Morgan fingerprint density at radius 3 is 2.91 bits per heavy atom. The molecule has 1 N–H and O–H groups in total. The highest BCUT2D eigenvalue weighted by atomic mass is 79.9. The van der Waals surface area contributed by atoms with Gasteiger partial charge in [0.2, 0.25) is 0 Å². The molecule has 0 aliphatic heterocycles. The number of hydrogen-bond acceptors (Lipinski definition) is 5. The lowest BCUT2D eigenvalue weighted by molar-refractivity contribution is -0.385. The van der Waals surface area contributed by atoms with Crippen LogP contribution >= 0.6 is 39.0 Å². The molecule has 0 saturated heterocycles. The van der Waals surface area contributed by atoms with Crippen molar-refractivity contribution in [2.45, 2.75) is 5.75 Å². The number of carbonyl (C=O) groups is 1. The molecule has 0 radical (unpaired) electrons. The number of thioether (sulfide) groups is 1. The molecule has 2 rings (SSSR count). The largest absolute Gasteiger partial charge is 0.351 e. The second kappa shape index (κ2) is 8.30. The predicted molar refractivity (Wildman–Crippen MR) is 93.6 cm³/mol. The van der Waals surface area contributed by atoms with Gasteiger partial charge in [0.05, 0.1) is 9.40 Å². The van der Waals surface area contributed by atoms with Crippen LogP contribution in [0, 0.1) is 10.1 Å². The molecule has 8 heteroatoms. The Balaban J connectivity index is 1.79. The van der Waals surface area contributed by atoms with Crippen molar-refractivity contribution in [1.29, 1.82) is 0 Å². The third-order valence-corrected chi connectivity index (χ3v) is 5.50. The standard InChI is InChI=1S/C14H13BrN2O3S2/c15-12-4-3-10(8-13(12)17(19)20)14(18)16-5-7-21-9-11-2-1-6-22-11/h1-4,6,8H,5,7,9H2,(H,16,18). The normalized spacial score (nSPS) is 10.4. The molecule has 0 atom stereocenters. The number of benzene rings is 1.